The van der Waals surface area contributed by atoms with Crippen LogP contribution in [0.2, 0.25) is 0 Å². The molecule has 2 nitrogen and oxygen atoms in total. The average Bonchev–Trinajstić information content (AvgIpc) is 2.28. The van der Waals surface area contributed by atoms with Gasteiger partial charge in [-0.05, 0) is 24.1 Å². The van der Waals surface area contributed by atoms with Crippen molar-refractivity contribution in [3.8, 4) is 11.5 Å². The first-order chi connectivity index (χ1) is 7.26. The zero-order valence-electron chi connectivity index (χ0n) is 9.24. The predicted molar refractivity (Wildman–Crippen MR) is 68.4 cm³/mol. The van der Waals surface area contributed by atoms with E-state index in [9.17, 15) is 0 Å². The molecule has 0 aromatic heterocycles. The van der Waals surface area contributed by atoms with E-state index < -0.39 is 0 Å². The lowest BCUT2D eigenvalue weighted by Crippen LogP contribution is -1.95. The predicted octanol–water partition coefficient (Wildman–Crippen LogP) is 3.59. The molecule has 0 radical (unpaired) electrons. The second-order valence-electron chi connectivity index (χ2n) is 3.16. The van der Waals surface area contributed by atoms with Gasteiger partial charge in [0.1, 0.15) is 11.5 Å². The first-order valence-electron chi connectivity index (χ1n) is 4.83. The van der Waals surface area contributed by atoms with Gasteiger partial charge < -0.3 is 9.47 Å². The van der Waals surface area contributed by atoms with Crippen molar-refractivity contribution < 1.29 is 9.47 Å². The van der Waals surface area contributed by atoms with Crippen LogP contribution in [-0.2, 0) is 6.42 Å². The van der Waals surface area contributed by atoms with Crippen molar-refractivity contribution in [2.45, 2.75) is 24.7 Å². The molecule has 0 aliphatic heterocycles. The Morgan fingerprint density at radius 3 is 2.33 bits per heavy atom. The normalized spacial score (nSPS) is 10.1. The molecule has 0 N–H and O–H groups in total. The van der Waals surface area contributed by atoms with Crippen molar-refractivity contribution in [1.29, 1.82) is 0 Å². The lowest BCUT2D eigenvalue weighted by Gasteiger charge is -2.12. The molecule has 4 heteroatoms. The summed E-state index contributed by atoms with van der Waals surface area (Å²) in [5.74, 6) is 1.77. The van der Waals surface area contributed by atoms with E-state index >= 15 is 0 Å². The Balaban J connectivity index is 3.15. The van der Waals surface area contributed by atoms with E-state index in [1.807, 2.05) is 12.1 Å². The number of methoxy groups -OCH3 is 2. The van der Waals surface area contributed by atoms with Gasteiger partial charge in [-0.15, -0.1) is 11.7 Å². The number of thiol groups is 1. The molecular formula is C11H16O2S2. The van der Waals surface area contributed by atoms with Crippen LogP contribution >= 0.6 is 22.5 Å². The molecule has 0 aliphatic carbocycles. The second-order valence-corrected chi connectivity index (χ2v) is 4.33. The second kappa shape index (κ2) is 6.18. The Hall–Kier alpha value is -0.480. The highest BCUT2D eigenvalue weighted by Crippen LogP contribution is 2.37. The molecule has 1 aromatic carbocycles. The fourth-order valence-electron chi connectivity index (χ4n) is 1.47. The number of hydrogen-bond acceptors (Lipinski definition) is 4. The molecule has 0 heterocycles. The summed E-state index contributed by atoms with van der Waals surface area (Å²) in [6, 6.07) is 4.00. The number of hydrogen-bond donors (Lipinski definition) is 1. The van der Waals surface area contributed by atoms with E-state index in [1.165, 1.54) is 16.4 Å². The fraction of sp³-hybridized carbons (Fsp3) is 0.455. The topological polar surface area (TPSA) is 18.5 Å². The van der Waals surface area contributed by atoms with Crippen molar-refractivity contribution in [3.63, 3.8) is 0 Å². The van der Waals surface area contributed by atoms with Gasteiger partial charge in [-0.3, -0.25) is 0 Å². The van der Waals surface area contributed by atoms with Crippen molar-refractivity contribution in [2.24, 2.45) is 0 Å². The maximum atomic E-state index is 5.34. The molecule has 0 saturated heterocycles. The molecular weight excluding hydrogens is 228 g/mol. The number of aryl methyl sites for hydroxylation is 1. The molecule has 0 atom stereocenters. The van der Waals surface area contributed by atoms with Crippen molar-refractivity contribution in [3.05, 3.63) is 17.7 Å². The summed E-state index contributed by atoms with van der Waals surface area (Å²) in [4.78, 5) is 0.984. The first-order valence-corrected chi connectivity index (χ1v) is 6.70. The summed E-state index contributed by atoms with van der Waals surface area (Å²) >= 11 is 4.19. The monoisotopic (exact) mass is 244 g/mol. The minimum Gasteiger partial charge on any atom is -0.496 e. The van der Waals surface area contributed by atoms with Gasteiger partial charge in [0.2, 0.25) is 0 Å². The Bertz CT molecular complexity index is 327. The Kier molecular flexibility index (Phi) is 5.19. The number of rotatable bonds is 5. The molecule has 1 aromatic rings. The van der Waals surface area contributed by atoms with E-state index in [-0.39, 0.29) is 0 Å². The SMILES string of the molecule is CCCc1cc(OC)c(SS)cc1OC. The van der Waals surface area contributed by atoms with Crippen LogP contribution in [0.4, 0.5) is 0 Å². The maximum absolute atomic E-state index is 5.34. The summed E-state index contributed by atoms with van der Waals surface area (Å²) in [6.07, 6.45) is 2.09. The minimum absolute atomic E-state index is 0.860. The van der Waals surface area contributed by atoms with Gasteiger partial charge >= 0.3 is 0 Å². The van der Waals surface area contributed by atoms with Crippen LogP contribution in [0, 0.1) is 0 Å². The molecule has 0 amide bonds. The van der Waals surface area contributed by atoms with Gasteiger partial charge in [0.25, 0.3) is 0 Å². The third-order valence-corrected chi connectivity index (χ3v) is 3.29. The highest BCUT2D eigenvalue weighted by Gasteiger charge is 2.10. The Morgan fingerprint density at radius 2 is 1.87 bits per heavy atom. The van der Waals surface area contributed by atoms with Gasteiger partial charge in [-0.25, -0.2) is 0 Å². The van der Waals surface area contributed by atoms with E-state index in [0.29, 0.717) is 0 Å². The lowest BCUT2D eigenvalue weighted by molar-refractivity contribution is 0.390. The van der Waals surface area contributed by atoms with E-state index in [4.69, 9.17) is 9.47 Å². The Morgan fingerprint density at radius 1 is 1.20 bits per heavy atom. The van der Waals surface area contributed by atoms with Gasteiger partial charge in [-0.1, -0.05) is 24.1 Å². The summed E-state index contributed by atoms with van der Waals surface area (Å²) in [5.41, 5.74) is 1.18. The zero-order chi connectivity index (χ0) is 11.3. The largest absolute Gasteiger partial charge is 0.496 e. The molecule has 0 bridgehead atoms. The summed E-state index contributed by atoms with van der Waals surface area (Å²) in [7, 11) is 4.73. The van der Waals surface area contributed by atoms with Crippen molar-refractivity contribution in [1.82, 2.24) is 0 Å². The molecule has 1 rings (SSSR count). The van der Waals surface area contributed by atoms with Crippen LogP contribution in [0.5, 0.6) is 11.5 Å². The van der Waals surface area contributed by atoms with E-state index in [2.05, 4.69) is 18.6 Å². The van der Waals surface area contributed by atoms with Gasteiger partial charge in [-0.2, -0.15) is 0 Å². The van der Waals surface area contributed by atoms with Crippen LogP contribution < -0.4 is 9.47 Å². The summed E-state index contributed by atoms with van der Waals surface area (Å²) < 4.78 is 10.6. The molecule has 0 fully saturated rings. The quantitative estimate of drug-likeness (QED) is 0.630. The van der Waals surface area contributed by atoms with E-state index in [1.54, 1.807) is 14.2 Å². The maximum Gasteiger partial charge on any atom is 0.133 e. The summed E-state index contributed by atoms with van der Waals surface area (Å²) in [6.45, 7) is 2.15. The van der Waals surface area contributed by atoms with Crippen LogP contribution in [0.25, 0.3) is 0 Å². The average molecular weight is 244 g/mol. The minimum atomic E-state index is 0.860. The first kappa shape index (κ1) is 12.6. The van der Waals surface area contributed by atoms with Crippen LogP contribution in [0.15, 0.2) is 17.0 Å². The molecule has 15 heavy (non-hydrogen) atoms. The van der Waals surface area contributed by atoms with Crippen LogP contribution in [0.3, 0.4) is 0 Å². The van der Waals surface area contributed by atoms with Gasteiger partial charge in [0, 0.05) is 0 Å². The van der Waals surface area contributed by atoms with Gasteiger partial charge in [0.05, 0.1) is 19.1 Å². The lowest BCUT2D eigenvalue weighted by atomic mass is 10.1. The van der Waals surface area contributed by atoms with Crippen molar-refractivity contribution in [2.75, 3.05) is 14.2 Å². The molecule has 84 valence electrons. The van der Waals surface area contributed by atoms with Crippen molar-refractivity contribution >= 4 is 22.5 Å². The molecule has 0 spiro atoms. The smallest absolute Gasteiger partial charge is 0.133 e. The number of ether oxygens (including phenoxy) is 2. The fourth-order valence-corrected chi connectivity index (χ4v) is 2.29. The number of benzene rings is 1. The van der Waals surface area contributed by atoms with Crippen LogP contribution in [0.1, 0.15) is 18.9 Å². The Labute approximate surface area is 100 Å². The zero-order valence-corrected chi connectivity index (χ0v) is 11.0. The third-order valence-electron chi connectivity index (χ3n) is 2.18. The molecule has 0 unspecified atom stereocenters. The van der Waals surface area contributed by atoms with Gasteiger partial charge in [0.15, 0.2) is 0 Å². The van der Waals surface area contributed by atoms with E-state index in [0.717, 1.165) is 29.2 Å². The van der Waals surface area contributed by atoms with Crippen LogP contribution in [-0.4, -0.2) is 14.2 Å². The molecule has 0 aliphatic rings. The highest BCUT2D eigenvalue weighted by atomic mass is 33.1. The molecule has 0 saturated carbocycles. The third kappa shape index (κ3) is 2.98. The highest BCUT2D eigenvalue weighted by molar-refractivity contribution is 8.68. The summed E-state index contributed by atoms with van der Waals surface area (Å²) in [5, 5.41) is 0. The standard InChI is InChI=1S/C11H16O2S2/c1-4-5-8-6-10(13-3)11(15-14)7-9(8)12-2/h6-7,14H,4-5H2,1-3H3.